The van der Waals surface area contributed by atoms with Gasteiger partial charge in [0.05, 0.1) is 25.1 Å². The quantitative estimate of drug-likeness (QED) is 0.745. The zero-order valence-corrected chi connectivity index (χ0v) is 15.8. The smallest absolute Gasteiger partial charge is 0.253 e. The van der Waals surface area contributed by atoms with E-state index in [1.54, 1.807) is 42.3 Å². The zero-order valence-electron chi connectivity index (χ0n) is 15.8. The van der Waals surface area contributed by atoms with Crippen LogP contribution in [0.2, 0.25) is 0 Å². The lowest BCUT2D eigenvalue weighted by molar-refractivity contribution is 0.0428. The van der Waals surface area contributed by atoms with Crippen molar-refractivity contribution in [1.29, 1.82) is 0 Å². The number of rotatable bonds is 5. The summed E-state index contributed by atoms with van der Waals surface area (Å²) < 4.78 is 16.7. The maximum Gasteiger partial charge on any atom is 0.253 e. The fourth-order valence-corrected chi connectivity index (χ4v) is 3.81. The molecule has 2 aliphatic rings. The molecule has 0 N–H and O–H groups in total. The summed E-state index contributed by atoms with van der Waals surface area (Å²) >= 11 is 0. The molecule has 2 aromatic rings. The molecule has 146 valence electrons. The summed E-state index contributed by atoms with van der Waals surface area (Å²) in [6.07, 6.45) is 0.955. The number of carbonyl (C=O) groups excluding carboxylic acids is 2. The molecule has 4 rings (SSSR count). The third kappa shape index (κ3) is 3.60. The molecule has 0 aromatic heterocycles. The van der Waals surface area contributed by atoms with Gasteiger partial charge in [-0.1, -0.05) is 12.1 Å². The second kappa shape index (κ2) is 7.64. The van der Waals surface area contributed by atoms with E-state index < -0.39 is 5.60 Å². The first-order valence-electron chi connectivity index (χ1n) is 9.43. The van der Waals surface area contributed by atoms with Crippen molar-refractivity contribution in [3.63, 3.8) is 0 Å². The number of Topliss-reactive ketones (excluding diaryl/α,β-unsaturated/α-hetero) is 1. The van der Waals surface area contributed by atoms with Gasteiger partial charge in [-0.2, -0.15) is 0 Å². The molecule has 1 amide bonds. The Morgan fingerprint density at radius 2 is 1.93 bits per heavy atom. The van der Waals surface area contributed by atoms with Crippen molar-refractivity contribution in [3.8, 4) is 11.5 Å². The van der Waals surface area contributed by atoms with Crippen LogP contribution in [0, 0.1) is 0 Å². The third-order valence-corrected chi connectivity index (χ3v) is 5.26. The average molecular weight is 381 g/mol. The highest BCUT2D eigenvalue weighted by atomic mass is 16.5. The van der Waals surface area contributed by atoms with E-state index in [2.05, 4.69) is 0 Å². The fraction of sp³-hybridized carbons (Fsp3) is 0.364. The molecular formula is C22H23NO5. The highest BCUT2D eigenvalue weighted by Gasteiger charge is 2.46. The Hall–Kier alpha value is -2.86. The van der Waals surface area contributed by atoms with Crippen LogP contribution in [0.4, 0.5) is 0 Å². The maximum absolute atomic E-state index is 12.9. The molecule has 6 heteroatoms. The first-order valence-corrected chi connectivity index (χ1v) is 9.43. The molecule has 6 nitrogen and oxygen atoms in total. The summed E-state index contributed by atoms with van der Waals surface area (Å²) in [4.78, 5) is 27.2. The van der Waals surface area contributed by atoms with Gasteiger partial charge in [-0.3, -0.25) is 9.59 Å². The van der Waals surface area contributed by atoms with E-state index in [-0.39, 0.29) is 11.7 Å². The molecule has 1 spiro atoms. The Bertz CT molecular complexity index is 879. The Balaban J connectivity index is 1.43. The molecule has 1 saturated heterocycles. The number of para-hydroxylation sites is 1. The molecule has 1 unspecified atom stereocenters. The number of ether oxygens (including phenoxy) is 3. The highest BCUT2D eigenvalue weighted by molar-refractivity contribution is 6.00. The predicted molar refractivity (Wildman–Crippen MR) is 103 cm³/mol. The predicted octanol–water partition coefficient (Wildman–Crippen LogP) is 2.96. The van der Waals surface area contributed by atoms with Crippen molar-refractivity contribution in [1.82, 2.24) is 4.90 Å². The topological polar surface area (TPSA) is 65.1 Å². The first-order chi connectivity index (χ1) is 13.6. The molecular weight excluding hydrogens is 358 g/mol. The van der Waals surface area contributed by atoms with Gasteiger partial charge < -0.3 is 19.1 Å². The zero-order chi connectivity index (χ0) is 19.6. The van der Waals surface area contributed by atoms with E-state index >= 15 is 0 Å². The minimum Gasteiger partial charge on any atom is -0.491 e. The third-order valence-electron chi connectivity index (χ3n) is 5.26. The van der Waals surface area contributed by atoms with Gasteiger partial charge in [0.1, 0.15) is 23.7 Å². The van der Waals surface area contributed by atoms with Crippen LogP contribution < -0.4 is 9.47 Å². The number of benzene rings is 2. The maximum atomic E-state index is 12.9. The fourth-order valence-electron chi connectivity index (χ4n) is 3.81. The standard InChI is InChI=1S/C22H23NO5/c1-26-12-13-27-17-8-6-16(7-9-17)21(25)23-11-10-22(15-23)14-19(24)18-4-2-3-5-20(18)28-22/h2-9H,10-15H2,1H3. The molecule has 1 atom stereocenters. The summed E-state index contributed by atoms with van der Waals surface area (Å²) in [6, 6.07) is 14.4. The molecule has 0 bridgehead atoms. The molecule has 28 heavy (non-hydrogen) atoms. The van der Waals surface area contributed by atoms with Crippen molar-refractivity contribution in [2.45, 2.75) is 18.4 Å². The second-order valence-electron chi connectivity index (χ2n) is 7.22. The lowest BCUT2D eigenvalue weighted by atomic mass is 9.89. The van der Waals surface area contributed by atoms with Gasteiger partial charge in [0.25, 0.3) is 5.91 Å². The largest absolute Gasteiger partial charge is 0.491 e. The lowest BCUT2D eigenvalue weighted by Crippen LogP contribution is -2.45. The number of amides is 1. The number of likely N-dealkylation sites (tertiary alicyclic amines) is 1. The molecule has 0 saturated carbocycles. The summed E-state index contributed by atoms with van der Waals surface area (Å²) in [5.41, 5.74) is 0.602. The van der Waals surface area contributed by atoms with Gasteiger partial charge in [-0.05, 0) is 36.4 Å². The number of ketones is 1. The molecule has 1 fully saturated rings. The second-order valence-corrected chi connectivity index (χ2v) is 7.22. The van der Waals surface area contributed by atoms with E-state index in [4.69, 9.17) is 14.2 Å². The molecule has 2 aliphatic heterocycles. The number of hydrogen-bond acceptors (Lipinski definition) is 5. The van der Waals surface area contributed by atoms with E-state index in [0.717, 1.165) is 0 Å². The van der Waals surface area contributed by atoms with Gasteiger partial charge >= 0.3 is 0 Å². The van der Waals surface area contributed by atoms with Crippen LogP contribution in [-0.4, -0.2) is 55.6 Å². The lowest BCUT2D eigenvalue weighted by Gasteiger charge is -2.34. The van der Waals surface area contributed by atoms with Crippen LogP contribution in [0.15, 0.2) is 48.5 Å². The molecule has 2 aromatic carbocycles. The molecule has 2 heterocycles. The minimum atomic E-state index is -0.621. The van der Waals surface area contributed by atoms with Crippen LogP contribution in [0.1, 0.15) is 33.6 Å². The Labute approximate surface area is 164 Å². The Kier molecular flexibility index (Phi) is 5.05. The monoisotopic (exact) mass is 381 g/mol. The molecule has 0 radical (unpaired) electrons. The van der Waals surface area contributed by atoms with E-state index in [9.17, 15) is 9.59 Å². The summed E-state index contributed by atoms with van der Waals surface area (Å²) in [5, 5.41) is 0. The van der Waals surface area contributed by atoms with E-state index in [1.807, 2.05) is 18.2 Å². The van der Waals surface area contributed by atoms with Crippen LogP contribution in [0.5, 0.6) is 11.5 Å². The summed E-state index contributed by atoms with van der Waals surface area (Å²) in [5.74, 6) is 1.33. The van der Waals surface area contributed by atoms with Gasteiger partial charge in [-0.15, -0.1) is 0 Å². The number of hydrogen-bond donors (Lipinski definition) is 0. The summed E-state index contributed by atoms with van der Waals surface area (Å²) in [6.45, 7) is 1.96. The van der Waals surface area contributed by atoms with Gasteiger partial charge in [0, 0.05) is 25.6 Å². The first kappa shape index (κ1) is 18.5. The Morgan fingerprint density at radius 1 is 1.14 bits per heavy atom. The average Bonchev–Trinajstić information content (AvgIpc) is 3.11. The van der Waals surface area contributed by atoms with Gasteiger partial charge in [0.15, 0.2) is 5.78 Å². The Morgan fingerprint density at radius 3 is 2.71 bits per heavy atom. The van der Waals surface area contributed by atoms with Crippen molar-refractivity contribution < 1.29 is 23.8 Å². The number of carbonyl (C=O) groups is 2. The molecule has 0 aliphatic carbocycles. The van der Waals surface area contributed by atoms with Crippen LogP contribution in [-0.2, 0) is 4.74 Å². The van der Waals surface area contributed by atoms with Crippen molar-refractivity contribution in [3.05, 3.63) is 59.7 Å². The summed E-state index contributed by atoms with van der Waals surface area (Å²) in [7, 11) is 1.62. The van der Waals surface area contributed by atoms with Crippen LogP contribution in [0.3, 0.4) is 0 Å². The highest BCUT2D eigenvalue weighted by Crippen LogP contribution is 2.38. The number of methoxy groups -OCH3 is 1. The number of nitrogens with zero attached hydrogens (tertiary/aromatic N) is 1. The minimum absolute atomic E-state index is 0.0600. The van der Waals surface area contributed by atoms with Crippen molar-refractivity contribution in [2.75, 3.05) is 33.4 Å². The number of fused-ring (bicyclic) bond motifs is 1. The SMILES string of the molecule is COCCOc1ccc(C(=O)N2CCC3(CC(=O)c4ccccc4O3)C2)cc1. The van der Waals surface area contributed by atoms with Gasteiger partial charge in [-0.25, -0.2) is 0 Å². The van der Waals surface area contributed by atoms with Gasteiger partial charge in [0.2, 0.25) is 0 Å². The van der Waals surface area contributed by atoms with E-state index in [0.29, 0.717) is 61.8 Å². The normalized spacial score (nSPS) is 20.8. The van der Waals surface area contributed by atoms with Crippen molar-refractivity contribution >= 4 is 11.7 Å². The van der Waals surface area contributed by atoms with E-state index in [1.165, 1.54) is 0 Å². The van der Waals surface area contributed by atoms with Crippen LogP contribution >= 0.6 is 0 Å². The van der Waals surface area contributed by atoms with Crippen LogP contribution in [0.25, 0.3) is 0 Å². The van der Waals surface area contributed by atoms with Crippen molar-refractivity contribution in [2.24, 2.45) is 0 Å².